The largest absolute Gasteiger partial charge is 0.332 e. The predicted octanol–water partition coefficient (Wildman–Crippen LogP) is 5.62. The Kier molecular flexibility index (Phi) is 6.17. The van der Waals surface area contributed by atoms with Crippen molar-refractivity contribution in [3.8, 4) is 10.6 Å². The second-order valence-electron chi connectivity index (χ2n) is 6.34. The van der Waals surface area contributed by atoms with Gasteiger partial charge in [-0.25, -0.2) is 4.98 Å². The van der Waals surface area contributed by atoms with Crippen molar-refractivity contribution in [2.45, 2.75) is 6.42 Å². The molecule has 1 heterocycles. The molecule has 0 spiro atoms. The Morgan fingerprint density at radius 2 is 1.79 bits per heavy atom. The Morgan fingerprint density at radius 1 is 1.03 bits per heavy atom. The maximum Gasteiger partial charge on any atom is 0.230 e. The van der Waals surface area contributed by atoms with E-state index >= 15 is 0 Å². The van der Waals surface area contributed by atoms with Crippen LogP contribution in [0.1, 0.15) is 5.56 Å². The number of benzene rings is 3. The molecule has 29 heavy (non-hydrogen) atoms. The number of nitrogens with one attached hydrogen (secondary N) is 2. The number of carbonyl (C=O) groups excluding carboxylic acids is 1. The standard InChI is InChI=1S/C22H16IN3OS2/c23-15-10-11-17(16(13-15)21-24-18-8-4-5-9-19(18)29-21)25-22(28)26-20(27)12-14-6-2-1-3-7-14/h1-11,13H,12H2,(H2,25,26,27,28). The van der Waals surface area contributed by atoms with Crippen LogP contribution in [0, 0.1) is 3.57 Å². The van der Waals surface area contributed by atoms with Crippen molar-refractivity contribution >= 4 is 73.1 Å². The summed E-state index contributed by atoms with van der Waals surface area (Å²) in [5.74, 6) is -0.152. The van der Waals surface area contributed by atoms with Crippen molar-refractivity contribution in [1.29, 1.82) is 0 Å². The van der Waals surface area contributed by atoms with Gasteiger partial charge in [0.15, 0.2) is 5.11 Å². The molecule has 4 rings (SSSR count). The fraction of sp³-hybridized carbons (Fsp3) is 0.0455. The van der Waals surface area contributed by atoms with Crippen LogP contribution in [-0.2, 0) is 11.2 Å². The Balaban J connectivity index is 1.52. The fourth-order valence-corrected chi connectivity index (χ4v) is 4.61. The Hall–Kier alpha value is -2.36. The van der Waals surface area contributed by atoms with Crippen molar-refractivity contribution in [1.82, 2.24) is 10.3 Å². The first-order valence-electron chi connectivity index (χ1n) is 8.89. The number of rotatable bonds is 4. The number of para-hydroxylation sites is 1. The highest BCUT2D eigenvalue weighted by molar-refractivity contribution is 14.1. The lowest BCUT2D eigenvalue weighted by atomic mass is 10.1. The molecule has 4 aromatic rings. The molecule has 144 valence electrons. The summed E-state index contributed by atoms with van der Waals surface area (Å²) < 4.78 is 2.23. The summed E-state index contributed by atoms with van der Waals surface area (Å²) in [6.07, 6.45) is 0.278. The molecular formula is C22H16IN3OS2. The highest BCUT2D eigenvalue weighted by atomic mass is 127. The minimum Gasteiger partial charge on any atom is -0.332 e. The van der Waals surface area contributed by atoms with E-state index in [1.54, 1.807) is 11.3 Å². The van der Waals surface area contributed by atoms with E-state index < -0.39 is 0 Å². The highest BCUT2D eigenvalue weighted by Gasteiger charge is 2.13. The smallest absolute Gasteiger partial charge is 0.230 e. The minimum atomic E-state index is -0.152. The fourth-order valence-electron chi connectivity index (χ4n) is 2.90. The maximum absolute atomic E-state index is 12.3. The Bertz CT molecular complexity index is 1160. The second-order valence-corrected chi connectivity index (χ2v) is 9.03. The minimum absolute atomic E-state index is 0.152. The molecule has 7 heteroatoms. The molecule has 0 fully saturated rings. The van der Waals surface area contributed by atoms with Crippen LogP contribution in [0.25, 0.3) is 20.8 Å². The topological polar surface area (TPSA) is 54.0 Å². The molecule has 3 aromatic carbocycles. The van der Waals surface area contributed by atoms with Crippen LogP contribution in [0.15, 0.2) is 72.8 Å². The number of amides is 1. The summed E-state index contributed by atoms with van der Waals surface area (Å²) in [5, 5.41) is 7.10. The summed E-state index contributed by atoms with van der Waals surface area (Å²) in [4.78, 5) is 17.0. The molecule has 2 N–H and O–H groups in total. The SMILES string of the molecule is O=C(Cc1ccccc1)NC(=S)Nc1ccc(I)cc1-c1nc2ccccc2s1. The third kappa shape index (κ3) is 4.98. The predicted molar refractivity (Wildman–Crippen MR) is 132 cm³/mol. The average Bonchev–Trinajstić information content (AvgIpc) is 3.14. The zero-order valence-corrected chi connectivity index (χ0v) is 19.0. The number of thiazole rings is 1. The van der Waals surface area contributed by atoms with Gasteiger partial charge in [0.05, 0.1) is 22.3 Å². The van der Waals surface area contributed by atoms with Crippen LogP contribution in [0.4, 0.5) is 5.69 Å². The van der Waals surface area contributed by atoms with Gasteiger partial charge in [0, 0.05) is 9.13 Å². The van der Waals surface area contributed by atoms with E-state index in [-0.39, 0.29) is 17.4 Å². The highest BCUT2D eigenvalue weighted by Crippen LogP contribution is 2.35. The van der Waals surface area contributed by atoms with Crippen LogP contribution < -0.4 is 10.6 Å². The second kappa shape index (κ2) is 8.98. The molecule has 4 nitrogen and oxygen atoms in total. The number of anilines is 1. The maximum atomic E-state index is 12.3. The summed E-state index contributed by atoms with van der Waals surface area (Å²) in [6.45, 7) is 0. The van der Waals surface area contributed by atoms with Crippen LogP contribution >= 0.6 is 46.1 Å². The van der Waals surface area contributed by atoms with Gasteiger partial charge in [-0.3, -0.25) is 4.79 Å². The molecule has 0 unspecified atom stereocenters. The average molecular weight is 529 g/mol. The van der Waals surface area contributed by atoms with E-state index in [2.05, 4.69) is 45.4 Å². The molecule has 0 saturated heterocycles. The lowest BCUT2D eigenvalue weighted by Crippen LogP contribution is -2.35. The molecule has 1 aromatic heterocycles. The number of hydrogen-bond donors (Lipinski definition) is 2. The molecule has 0 radical (unpaired) electrons. The van der Waals surface area contributed by atoms with Gasteiger partial charge in [-0.15, -0.1) is 11.3 Å². The van der Waals surface area contributed by atoms with Gasteiger partial charge in [-0.1, -0.05) is 42.5 Å². The first kappa shape index (κ1) is 19.9. The molecule has 1 amide bonds. The van der Waals surface area contributed by atoms with Crippen molar-refractivity contribution in [3.63, 3.8) is 0 Å². The number of thiocarbonyl (C=S) groups is 1. The van der Waals surface area contributed by atoms with Gasteiger partial charge in [-0.2, -0.15) is 0 Å². The Labute approximate surface area is 191 Å². The van der Waals surface area contributed by atoms with Crippen molar-refractivity contribution in [2.24, 2.45) is 0 Å². The number of hydrogen-bond acceptors (Lipinski definition) is 4. The number of carbonyl (C=O) groups is 1. The Morgan fingerprint density at radius 3 is 2.59 bits per heavy atom. The quantitative estimate of drug-likeness (QED) is 0.266. The summed E-state index contributed by atoms with van der Waals surface area (Å²) in [6, 6.07) is 23.7. The first-order chi connectivity index (χ1) is 14.1. The molecule has 0 aliphatic carbocycles. The van der Waals surface area contributed by atoms with Gasteiger partial charge >= 0.3 is 0 Å². The van der Waals surface area contributed by atoms with Crippen LogP contribution in [0.5, 0.6) is 0 Å². The van der Waals surface area contributed by atoms with E-state index in [9.17, 15) is 4.79 Å². The summed E-state index contributed by atoms with van der Waals surface area (Å²) in [5.41, 5.74) is 3.68. The van der Waals surface area contributed by atoms with Gasteiger partial charge in [0.25, 0.3) is 0 Å². The first-order valence-corrected chi connectivity index (χ1v) is 11.2. The van der Waals surface area contributed by atoms with Crippen molar-refractivity contribution < 1.29 is 4.79 Å². The van der Waals surface area contributed by atoms with E-state index in [4.69, 9.17) is 17.2 Å². The van der Waals surface area contributed by atoms with E-state index in [0.717, 1.165) is 35.6 Å². The van der Waals surface area contributed by atoms with Gasteiger partial charge in [-0.05, 0) is 70.7 Å². The summed E-state index contributed by atoms with van der Waals surface area (Å²) >= 11 is 9.28. The number of aromatic nitrogens is 1. The third-order valence-electron chi connectivity index (χ3n) is 4.21. The van der Waals surface area contributed by atoms with E-state index in [1.807, 2.05) is 60.7 Å². The van der Waals surface area contributed by atoms with Gasteiger partial charge in [0.2, 0.25) is 5.91 Å². The van der Waals surface area contributed by atoms with Gasteiger partial charge < -0.3 is 10.6 Å². The zero-order chi connectivity index (χ0) is 20.2. The molecule has 0 aliphatic heterocycles. The normalized spacial score (nSPS) is 10.7. The van der Waals surface area contributed by atoms with Crippen molar-refractivity contribution in [2.75, 3.05) is 5.32 Å². The molecule has 0 saturated carbocycles. The zero-order valence-electron chi connectivity index (χ0n) is 15.2. The molecule has 0 aliphatic rings. The van der Waals surface area contributed by atoms with Crippen LogP contribution in [0.2, 0.25) is 0 Å². The number of halogens is 1. The molecule has 0 bridgehead atoms. The molecule has 0 atom stereocenters. The number of nitrogens with zero attached hydrogens (tertiary/aromatic N) is 1. The monoisotopic (exact) mass is 529 g/mol. The lowest BCUT2D eigenvalue weighted by Gasteiger charge is -2.13. The lowest BCUT2D eigenvalue weighted by molar-refractivity contribution is -0.119. The summed E-state index contributed by atoms with van der Waals surface area (Å²) in [7, 11) is 0. The van der Waals surface area contributed by atoms with E-state index in [1.165, 1.54) is 0 Å². The van der Waals surface area contributed by atoms with Crippen LogP contribution in [-0.4, -0.2) is 16.0 Å². The van der Waals surface area contributed by atoms with Gasteiger partial charge in [0.1, 0.15) is 5.01 Å². The third-order valence-corrected chi connectivity index (χ3v) is 6.16. The van der Waals surface area contributed by atoms with Crippen molar-refractivity contribution in [3.05, 3.63) is 81.9 Å². The van der Waals surface area contributed by atoms with Crippen LogP contribution in [0.3, 0.4) is 0 Å². The molecular weight excluding hydrogens is 513 g/mol. The number of fused-ring (bicyclic) bond motifs is 1. The van der Waals surface area contributed by atoms with E-state index in [0.29, 0.717) is 0 Å².